The van der Waals surface area contributed by atoms with E-state index in [4.69, 9.17) is 0 Å². The summed E-state index contributed by atoms with van der Waals surface area (Å²) in [7, 11) is 0. The number of hydrogen-bond donors (Lipinski definition) is 2. The molecule has 2 aromatic rings. The third-order valence-corrected chi connectivity index (χ3v) is 4.80. The molecule has 3 nitrogen and oxygen atoms in total. The normalized spacial score (nSPS) is 13.6. The molecule has 0 aliphatic carbocycles. The van der Waals surface area contributed by atoms with Crippen LogP contribution in [0.25, 0.3) is 0 Å². The van der Waals surface area contributed by atoms with Gasteiger partial charge in [0.05, 0.1) is 4.88 Å². The molecule has 1 aromatic carbocycles. The Balaban J connectivity index is 2.21. The van der Waals surface area contributed by atoms with Crippen LogP contribution in [0.1, 0.15) is 42.8 Å². The second-order valence-electron chi connectivity index (χ2n) is 5.46. The highest BCUT2D eigenvalue weighted by Gasteiger charge is 2.25. The molecule has 3 N–H and O–H groups in total. The van der Waals surface area contributed by atoms with Crippen molar-refractivity contribution in [3.05, 3.63) is 57.8 Å². The molecule has 0 unspecified atom stereocenters. The Kier molecular flexibility index (Phi) is 6.16. The van der Waals surface area contributed by atoms with Crippen LogP contribution in [0.15, 0.2) is 41.8 Å². The predicted molar refractivity (Wildman–Crippen MR) is 92.1 cm³/mol. The molecular weight excluding hydrogens is 292 g/mol. The third-order valence-electron chi connectivity index (χ3n) is 3.84. The second kappa shape index (κ2) is 8.11. The number of benzene rings is 1. The van der Waals surface area contributed by atoms with E-state index in [1.807, 2.05) is 13.8 Å². The lowest BCUT2D eigenvalue weighted by atomic mass is 10.0. The molecule has 0 radical (unpaired) electrons. The molecule has 0 saturated heterocycles. The zero-order chi connectivity index (χ0) is 15.9. The number of amides is 1. The Hall–Kier alpha value is -1.65. The number of quaternary nitrogens is 1. The SMILES string of the molecule is CCNC(=O)[C@H](C)[NH2+][C@@H](c1ccc(CC)cc1)c1cccs1. The summed E-state index contributed by atoms with van der Waals surface area (Å²) in [4.78, 5) is 13.3. The lowest BCUT2D eigenvalue weighted by Crippen LogP contribution is -2.92. The van der Waals surface area contributed by atoms with Gasteiger partial charge in [0.15, 0.2) is 6.04 Å². The second-order valence-corrected chi connectivity index (χ2v) is 6.44. The summed E-state index contributed by atoms with van der Waals surface area (Å²) in [5.41, 5.74) is 2.58. The number of nitrogens with two attached hydrogens (primary N) is 1. The van der Waals surface area contributed by atoms with Gasteiger partial charge in [-0.15, -0.1) is 11.3 Å². The van der Waals surface area contributed by atoms with Crippen molar-refractivity contribution in [3.63, 3.8) is 0 Å². The molecule has 22 heavy (non-hydrogen) atoms. The number of hydrogen-bond acceptors (Lipinski definition) is 2. The van der Waals surface area contributed by atoms with Gasteiger partial charge in [0.25, 0.3) is 5.91 Å². The number of aryl methyl sites for hydroxylation is 1. The van der Waals surface area contributed by atoms with Gasteiger partial charge in [-0.3, -0.25) is 4.79 Å². The zero-order valence-electron chi connectivity index (χ0n) is 13.5. The minimum absolute atomic E-state index is 0.0919. The van der Waals surface area contributed by atoms with Crippen molar-refractivity contribution in [1.82, 2.24) is 5.32 Å². The predicted octanol–water partition coefficient (Wildman–Crippen LogP) is 2.49. The van der Waals surface area contributed by atoms with E-state index in [2.05, 4.69) is 59.3 Å². The van der Waals surface area contributed by atoms with Gasteiger partial charge in [-0.2, -0.15) is 0 Å². The molecule has 1 amide bonds. The quantitative estimate of drug-likeness (QED) is 0.810. The molecule has 0 aliphatic rings. The third kappa shape index (κ3) is 4.18. The number of nitrogens with one attached hydrogen (secondary N) is 1. The summed E-state index contributed by atoms with van der Waals surface area (Å²) in [6.45, 7) is 6.75. The van der Waals surface area contributed by atoms with Gasteiger partial charge in [0.1, 0.15) is 6.04 Å². The van der Waals surface area contributed by atoms with E-state index in [1.54, 1.807) is 11.3 Å². The maximum absolute atomic E-state index is 12.0. The highest BCUT2D eigenvalue weighted by atomic mass is 32.1. The minimum Gasteiger partial charge on any atom is -0.351 e. The van der Waals surface area contributed by atoms with Gasteiger partial charge in [-0.25, -0.2) is 0 Å². The van der Waals surface area contributed by atoms with Crippen LogP contribution < -0.4 is 10.6 Å². The van der Waals surface area contributed by atoms with E-state index < -0.39 is 0 Å². The Bertz CT molecular complexity index is 578. The van der Waals surface area contributed by atoms with E-state index in [1.165, 1.54) is 16.0 Å². The van der Waals surface area contributed by atoms with Crippen LogP contribution in [-0.4, -0.2) is 18.5 Å². The average molecular weight is 317 g/mol. The average Bonchev–Trinajstić information content (AvgIpc) is 3.07. The summed E-state index contributed by atoms with van der Waals surface area (Å²) in [6.07, 6.45) is 1.04. The molecule has 0 aliphatic heterocycles. The smallest absolute Gasteiger partial charge is 0.277 e. The van der Waals surface area contributed by atoms with Crippen LogP contribution in [-0.2, 0) is 11.2 Å². The first kappa shape index (κ1) is 16.7. The number of rotatable bonds is 7. The van der Waals surface area contributed by atoms with Gasteiger partial charge in [0, 0.05) is 12.1 Å². The Morgan fingerprint density at radius 3 is 2.50 bits per heavy atom. The van der Waals surface area contributed by atoms with Gasteiger partial charge in [-0.1, -0.05) is 37.3 Å². The summed E-state index contributed by atoms with van der Waals surface area (Å²) in [6, 6.07) is 13.0. The molecule has 2 atom stereocenters. The number of likely N-dealkylation sites (N-methyl/N-ethyl adjacent to an activating group) is 1. The van der Waals surface area contributed by atoms with Gasteiger partial charge in [-0.05, 0) is 37.3 Å². The molecule has 0 bridgehead atoms. The zero-order valence-corrected chi connectivity index (χ0v) is 14.3. The molecule has 2 rings (SSSR count). The number of carbonyl (C=O) groups excluding carboxylic acids is 1. The largest absolute Gasteiger partial charge is 0.351 e. The van der Waals surface area contributed by atoms with E-state index in [-0.39, 0.29) is 18.0 Å². The van der Waals surface area contributed by atoms with Crippen molar-refractivity contribution < 1.29 is 10.1 Å². The minimum atomic E-state index is -0.113. The van der Waals surface area contributed by atoms with Crippen LogP contribution >= 0.6 is 11.3 Å². The van der Waals surface area contributed by atoms with Gasteiger partial charge < -0.3 is 10.6 Å². The van der Waals surface area contributed by atoms with Crippen LogP contribution in [0, 0.1) is 0 Å². The van der Waals surface area contributed by atoms with Crippen LogP contribution in [0.3, 0.4) is 0 Å². The highest BCUT2D eigenvalue weighted by molar-refractivity contribution is 7.10. The van der Waals surface area contributed by atoms with Crippen LogP contribution in [0.2, 0.25) is 0 Å². The number of carbonyl (C=O) groups is 1. The fourth-order valence-corrected chi connectivity index (χ4v) is 3.34. The van der Waals surface area contributed by atoms with Crippen LogP contribution in [0.5, 0.6) is 0 Å². The Morgan fingerprint density at radius 1 is 1.23 bits per heavy atom. The maximum atomic E-state index is 12.0. The summed E-state index contributed by atoms with van der Waals surface area (Å²) >= 11 is 1.74. The van der Waals surface area contributed by atoms with Gasteiger partial charge >= 0.3 is 0 Å². The molecule has 0 fully saturated rings. The first-order valence-electron chi connectivity index (χ1n) is 7.90. The van der Waals surface area contributed by atoms with Crippen molar-refractivity contribution in [3.8, 4) is 0 Å². The lowest BCUT2D eigenvalue weighted by molar-refractivity contribution is -0.704. The van der Waals surface area contributed by atoms with Crippen molar-refractivity contribution >= 4 is 17.2 Å². The van der Waals surface area contributed by atoms with Crippen molar-refractivity contribution in [2.24, 2.45) is 0 Å². The van der Waals surface area contributed by atoms with Crippen molar-refractivity contribution in [2.45, 2.75) is 39.3 Å². The Morgan fingerprint density at radius 2 is 1.95 bits per heavy atom. The molecule has 118 valence electrons. The molecule has 0 spiro atoms. The summed E-state index contributed by atoms with van der Waals surface area (Å²) in [5, 5.41) is 7.14. The Labute approximate surface area is 136 Å². The summed E-state index contributed by atoms with van der Waals surface area (Å²) in [5.74, 6) is 0.0919. The maximum Gasteiger partial charge on any atom is 0.277 e. The van der Waals surface area contributed by atoms with E-state index >= 15 is 0 Å². The molecule has 0 saturated carbocycles. The standard InChI is InChI=1S/C18H24N2OS/c1-4-14-8-10-15(11-9-14)17(16-7-6-12-22-16)20-13(3)18(21)19-5-2/h6-13,17,20H,4-5H2,1-3H3,(H,19,21)/p+1/t13-,17-/m0/s1. The van der Waals surface area contributed by atoms with E-state index in [0.29, 0.717) is 6.54 Å². The molecule has 4 heteroatoms. The first-order chi connectivity index (χ1) is 10.7. The summed E-state index contributed by atoms with van der Waals surface area (Å²) < 4.78 is 0. The van der Waals surface area contributed by atoms with E-state index in [0.717, 1.165) is 6.42 Å². The van der Waals surface area contributed by atoms with E-state index in [9.17, 15) is 4.79 Å². The molecule has 1 heterocycles. The molecule has 1 aromatic heterocycles. The van der Waals surface area contributed by atoms with Crippen molar-refractivity contribution in [1.29, 1.82) is 0 Å². The van der Waals surface area contributed by atoms with Gasteiger partial charge in [0.2, 0.25) is 0 Å². The molecular formula is C18H25N2OS+. The topological polar surface area (TPSA) is 45.7 Å². The fourth-order valence-electron chi connectivity index (χ4n) is 2.51. The monoisotopic (exact) mass is 317 g/mol. The highest BCUT2D eigenvalue weighted by Crippen LogP contribution is 2.23. The number of thiophene rings is 1. The van der Waals surface area contributed by atoms with Crippen molar-refractivity contribution in [2.75, 3.05) is 6.54 Å². The van der Waals surface area contributed by atoms with Crippen LogP contribution in [0.4, 0.5) is 0 Å². The lowest BCUT2D eigenvalue weighted by Gasteiger charge is -2.19. The fraction of sp³-hybridized carbons (Fsp3) is 0.389. The first-order valence-corrected chi connectivity index (χ1v) is 8.78.